The predicted molar refractivity (Wildman–Crippen MR) is 79.9 cm³/mol. The Hall–Kier alpha value is -3.13. The summed E-state index contributed by atoms with van der Waals surface area (Å²) < 4.78 is 11.4. The van der Waals surface area contributed by atoms with E-state index in [1.54, 1.807) is 25.1 Å². The maximum Gasteiger partial charge on any atom is 0.257 e. The highest BCUT2D eigenvalue weighted by atomic mass is 16.5. The Morgan fingerprint density at radius 3 is 2.55 bits per heavy atom. The third-order valence-electron chi connectivity index (χ3n) is 3.12. The van der Waals surface area contributed by atoms with E-state index in [-0.39, 0.29) is 0 Å². The van der Waals surface area contributed by atoms with E-state index in [1.165, 1.54) is 0 Å². The number of para-hydroxylation sites is 1. The first-order valence-corrected chi connectivity index (χ1v) is 6.82. The molecular weight excluding hydrogens is 278 g/mol. The number of hydrogen-bond donors (Lipinski definition) is 0. The van der Waals surface area contributed by atoms with Crippen LogP contribution in [0.5, 0.6) is 5.75 Å². The lowest BCUT2D eigenvalue weighted by Crippen LogP contribution is -2.04. The topological polar surface area (TPSA) is 71.9 Å². The molecule has 0 radical (unpaired) electrons. The number of benzene rings is 2. The predicted octanol–water partition coefficient (Wildman–Crippen LogP) is 3.75. The fourth-order valence-electron chi connectivity index (χ4n) is 2.00. The van der Waals surface area contributed by atoms with Crippen LogP contribution in [-0.2, 0) is 0 Å². The summed E-state index contributed by atoms with van der Waals surface area (Å²) in [6.07, 6.45) is -0.445. The van der Waals surface area contributed by atoms with E-state index in [1.807, 2.05) is 36.4 Å². The molecule has 0 aliphatic rings. The van der Waals surface area contributed by atoms with Crippen LogP contribution in [0.1, 0.15) is 24.5 Å². The highest BCUT2D eigenvalue weighted by Gasteiger charge is 2.17. The Balaban J connectivity index is 1.80. The molecule has 2 aromatic carbocycles. The molecule has 3 rings (SSSR count). The van der Waals surface area contributed by atoms with Crippen molar-refractivity contribution in [1.82, 2.24) is 10.2 Å². The molecule has 22 heavy (non-hydrogen) atoms. The second kappa shape index (κ2) is 6.10. The molecule has 0 spiro atoms. The number of nitrogens with zero attached hydrogens (tertiary/aromatic N) is 3. The van der Waals surface area contributed by atoms with Crippen molar-refractivity contribution in [3.8, 4) is 23.3 Å². The van der Waals surface area contributed by atoms with Crippen molar-refractivity contribution in [3.05, 3.63) is 66.1 Å². The highest BCUT2D eigenvalue weighted by Crippen LogP contribution is 2.26. The van der Waals surface area contributed by atoms with Crippen LogP contribution >= 0.6 is 0 Å². The van der Waals surface area contributed by atoms with E-state index in [9.17, 15) is 0 Å². The van der Waals surface area contributed by atoms with Gasteiger partial charge in [-0.3, -0.25) is 0 Å². The fourth-order valence-corrected chi connectivity index (χ4v) is 2.00. The normalized spacial score (nSPS) is 11.6. The van der Waals surface area contributed by atoms with Gasteiger partial charge in [-0.25, -0.2) is 0 Å². The van der Waals surface area contributed by atoms with Gasteiger partial charge in [-0.2, -0.15) is 5.26 Å². The minimum Gasteiger partial charge on any atom is -0.480 e. The maximum atomic E-state index is 9.07. The Morgan fingerprint density at radius 1 is 1.05 bits per heavy atom. The summed E-state index contributed by atoms with van der Waals surface area (Å²) in [5, 5.41) is 17.1. The molecule has 0 saturated heterocycles. The van der Waals surface area contributed by atoms with Gasteiger partial charge in [-0.15, -0.1) is 10.2 Å². The Kier molecular flexibility index (Phi) is 3.84. The highest BCUT2D eigenvalue weighted by molar-refractivity contribution is 5.51. The average molecular weight is 291 g/mol. The molecule has 3 aromatic rings. The minimum atomic E-state index is -0.445. The van der Waals surface area contributed by atoms with Crippen LogP contribution in [0.15, 0.2) is 59.0 Å². The van der Waals surface area contributed by atoms with Gasteiger partial charge in [-0.05, 0) is 31.2 Å². The van der Waals surface area contributed by atoms with Crippen LogP contribution in [0.4, 0.5) is 0 Å². The molecule has 1 atom stereocenters. The molecule has 5 heteroatoms. The second-order valence-electron chi connectivity index (χ2n) is 4.68. The van der Waals surface area contributed by atoms with Gasteiger partial charge in [-0.1, -0.05) is 30.3 Å². The standard InChI is InChI=1S/C17H13N3O2/c1-12(21-15-10-6-5-9-14(15)11-18)16-19-20-17(22-16)13-7-3-2-4-8-13/h2-10,12H,1H3. The van der Waals surface area contributed by atoms with E-state index in [4.69, 9.17) is 14.4 Å². The number of aromatic nitrogens is 2. The average Bonchev–Trinajstić information content (AvgIpc) is 3.06. The number of hydrogen-bond acceptors (Lipinski definition) is 5. The molecule has 1 unspecified atom stereocenters. The number of rotatable bonds is 4. The first kappa shape index (κ1) is 13.8. The Bertz CT molecular complexity index is 806. The zero-order valence-electron chi connectivity index (χ0n) is 11.9. The lowest BCUT2D eigenvalue weighted by molar-refractivity contribution is 0.189. The summed E-state index contributed by atoms with van der Waals surface area (Å²) in [6.45, 7) is 1.80. The van der Waals surface area contributed by atoms with E-state index in [0.29, 0.717) is 23.1 Å². The van der Waals surface area contributed by atoms with Gasteiger partial charge in [0.2, 0.25) is 5.89 Å². The van der Waals surface area contributed by atoms with Crippen LogP contribution in [-0.4, -0.2) is 10.2 Å². The summed E-state index contributed by atoms with van der Waals surface area (Å²) in [7, 11) is 0. The summed E-state index contributed by atoms with van der Waals surface area (Å²) in [6, 6.07) is 18.7. The van der Waals surface area contributed by atoms with Gasteiger partial charge in [0.15, 0.2) is 6.10 Å². The van der Waals surface area contributed by atoms with Crippen molar-refractivity contribution >= 4 is 0 Å². The van der Waals surface area contributed by atoms with Gasteiger partial charge in [0, 0.05) is 5.56 Å². The molecule has 0 saturated carbocycles. The van der Waals surface area contributed by atoms with Gasteiger partial charge < -0.3 is 9.15 Å². The lowest BCUT2D eigenvalue weighted by Gasteiger charge is -2.11. The van der Waals surface area contributed by atoms with Crippen molar-refractivity contribution in [2.45, 2.75) is 13.0 Å². The van der Waals surface area contributed by atoms with Crippen LogP contribution in [0.25, 0.3) is 11.5 Å². The molecule has 0 amide bonds. The quantitative estimate of drug-likeness (QED) is 0.732. The van der Waals surface area contributed by atoms with Crippen molar-refractivity contribution in [2.24, 2.45) is 0 Å². The molecule has 0 aliphatic carbocycles. The molecule has 0 bridgehead atoms. The minimum absolute atomic E-state index is 0.367. The van der Waals surface area contributed by atoms with E-state index in [0.717, 1.165) is 5.56 Å². The van der Waals surface area contributed by atoms with E-state index >= 15 is 0 Å². The maximum absolute atomic E-state index is 9.07. The van der Waals surface area contributed by atoms with Crippen molar-refractivity contribution < 1.29 is 9.15 Å². The first-order valence-electron chi connectivity index (χ1n) is 6.82. The van der Waals surface area contributed by atoms with Crippen LogP contribution in [0.3, 0.4) is 0 Å². The van der Waals surface area contributed by atoms with Crippen molar-refractivity contribution in [2.75, 3.05) is 0 Å². The summed E-state index contributed by atoms with van der Waals surface area (Å²) in [5.41, 5.74) is 1.32. The van der Waals surface area contributed by atoms with Crippen LogP contribution in [0.2, 0.25) is 0 Å². The van der Waals surface area contributed by atoms with E-state index in [2.05, 4.69) is 16.3 Å². The van der Waals surface area contributed by atoms with Crippen LogP contribution in [0, 0.1) is 11.3 Å². The molecular formula is C17H13N3O2. The summed E-state index contributed by atoms with van der Waals surface area (Å²) in [4.78, 5) is 0. The Labute approximate surface area is 127 Å². The summed E-state index contributed by atoms with van der Waals surface area (Å²) in [5.74, 6) is 1.31. The molecule has 0 aliphatic heterocycles. The molecule has 1 heterocycles. The molecule has 1 aromatic heterocycles. The van der Waals surface area contributed by atoms with Gasteiger partial charge in [0.25, 0.3) is 5.89 Å². The van der Waals surface area contributed by atoms with Crippen LogP contribution < -0.4 is 4.74 Å². The third-order valence-corrected chi connectivity index (χ3v) is 3.12. The zero-order valence-corrected chi connectivity index (χ0v) is 11.9. The SMILES string of the molecule is CC(Oc1ccccc1C#N)c1nnc(-c2ccccc2)o1. The van der Waals surface area contributed by atoms with E-state index < -0.39 is 6.10 Å². The van der Waals surface area contributed by atoms with Gasteiger partial charge in [0.05, 0.1) is 5.56 Å². The van der Waals surface area contributed by atoms with Crippen molar-refractivity contribution in [3.63, 3.8) is 0 Å². The molecule has 0 fully saturated rings. The third kappa shape index (κ3) is 2.81. The molecule has 5 nitrogen and oxygen atoms in total. The van der Waals surface area contributed by atoms with Gasteiger partial charge >= 0.3 is 0 Å². The summed E-state index contributed by atoms with van der Waals surface area (Å²) >= 11 is 0. The van der Waals surface area contributed by atoms with Crippen molar-refractivity contribution in [1.29, 1.82) is 5.26 Å². The molecule has 0 N–H and O–H groups in total. The monoisotopic (exact) mass is 291 g/mol. The molecule has 108 valence electrons. The largest absolute Gasteiger partial charge is 0.480 e. The number of nitriles is 1. The first-order chi connectivity index (χ1) is 10.8. The lowest BCUT2D eigenvalue weighted by atomic mass is 10.2. The zero-order chi connectivity index (χ0) is 15.4. The van der Waals surface area contributed by atoms with Gasteiger partial charge in [0.1, 0.15) is 11.8 Å². The number of ether oxygens (including phenoxy) is 1. The fraction of sp³-hybridized carbons (Fsp3) is 0.118. The second-order valence-corrected chi connectivity index (χ2v) is 4.68. The Morgan fingerprint density at radius 2 is 1.77 bits per heavy atom. The smallest absolute Gasteiger partial charge is 0.257 e.